The van der Waals surface area contributed by atoms with Gasteiger partial charge in [0.15, 0.2) is 5.75 Å². The summed E-state index contributed by atoms with van der Waals surface area (Å²) in [6.07, 6.45) is 3.51. The van der Waals surface area contributed by atoms with Crippen molar-refractivity contribution in [2.45, 2.75) is 18.9 Å². The van der Waals surface area contributed by atoms with E-state index in [1.165, 1.54) is 24.3 Å². The molecule has 22 heavy (non-hydrogen) atoms. The lowest BCUT2D eigenvalue weighted by Crippen LogP contribution is -2.16. The summed E-state index contributed by atoms with van der Waals surface area (Å²) >= 11 is 12.0. The van der Waals surface area contributed by atoms with Crippen molar-refractivity contribution in [3.63, 3.8) is 0 Å². The lowest BCUT2D eigenvalue weighted by atomic mass is 10.3. The zero-order valence-corrected chi connectivity index (χ0v) is 12.7. The van der Waals surface area contributed by atoms with Crippen LogP contribution in [-0.4, -0.2) is 9.49 Å². The number of nitrogens with zero attached hydrogens (tertiary/aromatic N) is 2. The van der Waals surface area contributed by atoms with Crippen LogP contribution in [0.1, 0.15) is 18.9 Å². The molecule has 0 spiro atoms. The highest BCUT2D eigenvalue weighted by atomic mass is 35.5. The van der Waals surface area contributed by atoms with Crippen LogP contribution in [0.15, 0.2) is 35.3 Å². The number of aromatic nitrogens is 1. The monoisotopic (exact) mass is 340 g/mol. The Morgan fingerprint density at radius 2 is 1.86 bits per heavy atom. The van der Waals surface area contributed by atoms with Gasteiger partial charge in [0.05, 0.1) is 21.2 Å². The van der Waals surface area contributed by atoms with Gasteiger partial charge in [-0.05, 0) is 18.9 Å². The minimum atomic E-state index is -0.588. The summed E-state index contributed by atoms with van der Waals surface area (Å²) in [6, 6.07) is 5.45. The Morgan fingerprint density at radius 1 is 1.23 bits per heavy atom. The van der Waals surface area contributed by atoms with Gasteiger partial charge in [-0.3, -0.25) is 14.9 Å². The van der Waals surface area contributed by atoms with Crippen LogP contribution in [0.2, 0.25) is 10.0 Å². The van der Waals surface area contributed by atoms with Gasteiger partial charge in [-0.2, -0.15) is 0 Å². The lowest BCUT2D eigenvalue weighted by molar-refractivity contribution is -0.384. The van der Waals surface area contributed by atoms with Crippen molar-refractivity contribution in [1.29, 1.82) is 0 Å². The first-order valence-electron chi connectivity index (χ1n) is 6.49. The normalized spacial score (nSPS) is 13.9. The van der Waals surface area contributed by atoms with Crippen molar-refractivity contribution in [2.24, 2.45) is 0 Å². The number of nitro groups is 1. The Kier molecular flexibility index (Phi) is 3.80. The number of benzene rings is 1. The van der Waals surface area contributed by atoms with Crippen LogP contribution in [0.25, 0.3) is 0 Å². The molecule has 1 aliphatic carbocycles. The van der Waals surface area contributed by atoms with E-state index >= 15 is 0 Å². The van der Waals surface area contributed by atoms with Gasteiger partial charge < -0.3 is 9.30 Å². The summed E-state index contributed by atoms with van der Waals surface area (Å²) in [7, 11) is 0. The average molecular weight is 341 g/mol. The minimum Gasteiger partial charge on any atom is -0.453 e. The Bertz CT molecular complexity index is 792. The summed E-state index contributed by atoms with van der Waals surface area (Å²) in [6.45, 7) is 0. The fourth-order valence-corrected chi connectivity index (χ4v) is 2.60. The van der Waals surface area contributed by atoms with Gasteiger partial charge in [0.1, 0.15) is 5.75 Å². The molecule has 0 aliphatic heterocycles. The Labute approximate surface area is 135 Å². The molecule has 2 aromatic rings. The van der Waals surface area contributed by atoms with E-state index in [2.05, 4.69) is 0 Å². The summed E-state index contributed by atoms with van der Waals surface area (Å²) in [5, 5.41) is 10.8. The second-order valence-electron chi connectivity index (χ2n) is 4.94. The van der Waals surface area contributed by atoms with E-state index < -0.39 is 4.92 Å². The molecule has 114 valence electrons. The molecule has 1 aliphatic rings. The van der Waals surface area contributed by atoms with Gasteiger partial charge in [0.25, 0.3) is 11.2 Å². The standard InChI is InChI=1S/C14H10Cl2N2O4/c15-11-5-9(18(20)21)6-12(16)14(11)22-10-3-4-13(19)17(7-10)8-1-2-8/h3-8H,1-2H2. The first-order valence-corrected chi connectivity index (χ1v) is 7.25. The lowest BCUT2D eigenvalue weighted by Gasteiger charge is -2.11. The molecule has 0 radical (unpaired) electrons. The van der Waals surface area contributed by atoms with Crippen LogP contribution < -0.4 is 10.3 Å². The third-order valence-electron chi connectivity index (χ3n) is 3.27. The van der Waals surface area contributed by atoms with Crippen LogP contribution in [-0.2, 0) is 0 Å². The zero-order valence-electron chi connectivity index (χ0n) is 11.2. The third kappa shape index (κ3) is 2.93. The van der Waals surface area contributed by atoms with Gasteiger partial charge in [0, 0.05) is 24.2 Å². The maximum Gasteiger partial charge on any atom is 0.272 e. The highest BCUT2D eigenvalue weighted by Crippen LogP contribution is 2.40. The van der Waals surface area contributed by atoms with Crippen molar-refractivity contribution >= 4 is 28.9 Å². The van der Waals surface area contributed by atoms with Gasteiger partial charge in [-0.25, -0.2) is 0 Å². The molecular weight excluding hydrogens is 331 g/mol. The number of pyridine rings is 1. The molecule has 1 saturated carbocycles. The fourth-order valence-electron chi connectivity index (χ4n) is 2.05. The number of ether oxygens (including phenoxy) is 1. The van der Waals surface area contributed by atoms with E-state index in [0.717, 1.165) is 12.8 Å². The van der Waals surface area contributed by atoms with E-state index in [0.29, 0.717) is 5.75 Å². The molecule has 1 heterocycles. The predicted molar refractivity (Wildman–Crippen MR) is 82.2 cm³/mol. The molecule has 1 fully saturated rings. The Hall–Kier alpha value is -2.05. The van der Waals surface area contributed by atoms with Gasteiger partial charge in [-0.1, -0.05) is 23.2 Å². The molecule has 0 amide bonds. The van der Waals surface area contributed by atoms with Crippen LogP contribution in [0, 0.1) is 10.1 Å². The quantitative estimate of drug-likeness (QED) is 0.617. The van der Waals surface area contributed by atoms with Gasteiger partial charge >= 0.3 is 0 Å². The molecule has 0 N–H and O–H groups in total. The summed E-state index contributed by atoms with van der Waals surface area (Å²) in [5.41, 5.74) is -0.318. The summed E-state index contributed by atoms with van der Waals surface area (Å²) in [5.74, 6) is 0.513. The van der Waals surface area contributed by atoms with Crippen molar-refractivity contribution in [3.05, 3.63) is 61.0 Å². The average Bonchev–Trinajstić information content (AvgIpc) is 3.28. The van der Waals surface area contributed by atoms with E-state index in [1.807, 2.05) is 0 Å². The van der Waals surface area contributed by atoms with Crippen molar-refractivity contribution in [1.82, 2.24) is 4.57 Å². The molecule has 1 aromatic carbocycles. The SMILES string of the molecule is O=c1ccc(Oc2c(Cl)cc([N+](=O)[O-])cc2Cl)cn1C1CC1. The molecule has 0 atom stereocenters. The summed E-state index contributed by atoms with van der Waals surface area (Å²) < 4.78 is 7.20. The first kappa shape index (κ1) is 14.9. The smallest absolute Gasteiger partial charge is 0.272 e. The van der Waals surface area contributed by atoms with Crippen molar-refractivity contribution in [2.75, 3.05) is 0 Å². The Morgan fingerprint density at radius 3 is 2.41 bits per heavy atom. The van der Waals surface area contributed by atoms with E-state index in [9.17, 15) is 14.9 Å². The number of rotatable bonds is 4. The van der Waals surface area contributed by atoms with E-state index in [4.69, 9.17) is 27.9 Å². The fraction of sp³-hybridized carbons (Fsp3) is 0.214. The first-order chi connectivity index (χ1) is 10.5. The molecule has 0 bridgehead atoms. The molecule has 0 saturated heterocycles. The van der Waals surface area contributed by atoms with E-state index in [1.54, 1.807) is 10.8 Å². The zero-order chi connectivity index (χ0) is 15.9. The number of nitro benzene ring substituents is 1. The van der Waals surface area contributed by atoms with Gasteiger partial charge in [0.2, 0.25) is 0 Å². The maximum atomic E-state index is 11.7. The summed E-state index contributed by atoms with van der Waals surface area (Å²) in [4.78, 5) is 21.9. The molecule has 3 rings (SSSR count). The largest absolute Gasteiger partial charge is 0.453 e. The molecule has 1 aromatic heterocycles. The number of halogens is 2. The van der Waals surface area contributed by atoms with E-state index in [-0.39, 0.29) is 33.1 Å². The number of hydrogen-bond acceptors (Lipinski definition) is 4. The van der Waals surface area contributed by atoms with Crippen LogP contribution in [0.3, 0.4) is 0 Å². The number of non-ortho nitro benzene ring substituents is 1. The highest BCUT2D eigenvalue weighted by molar-refractivity contribution is 6.37. The second kappa shape index (κ2) is 5.62. The van der Waals surface area contributed by atoms with Gasteiger partial charge in [-0.15, -0.1) is 0 Å². The van der Waals surface area contributed by atoms with Crippen molar-refractivity contribution < 1.29 is 9.66 Å². The molecular formula is C14H10Cl2N2O4. The van der Waals surface area contributed by atoms with Crippen LogP contribution in [0.5, 0.6) is 11.5 Å². The second-order valence-corrected chi connectivity index (χ2v) is 5.75. The number of hydrogen-bond donors (Lipinski definition) is 0. The highest BCUT2D eigenvalue weighted by Gasteiger charge is 2.25. The minimum absolute atomic E-state index is 0.0309. The molecule has 0 unspecified atom stereocenters. The van der Waals surface area contributed by atoms with Crippen LogP contribution >= 0.6 is 23.2 Å². The van der Waals surface area contributed by atoms with Crippen LogP contribution in [0.4, 0.5) is 5.69 Å². The third-order valence-corrected chi connectivity index (χ3v) is 3.83. The van der Waals surface area contributed by atoms with Crippen molar-refractivity contribution in [3.8, 4) is 11.5 Å². The maximum absolute atomic E-state index is 11.7. The predicted octanol–water partition coefficient (Wildman–Crippen LogP) is 4.19. The topological polar surface area (TPSA) is 74.4 Å². The molecule has 8 heteroatoms. The Balaban J connectivity index is 1.95. The molecule has 6 nitrogen and oxygen atoms in total.